The molecule has 47 heavy (non-hydrogen) atoms. The smallest absolute Gasteiger partial charge is 0.342 e. The molecule has 0 saturated heterocycles. The van der Waals surface area contributed by atoms with Crippen molar-refractivity contribution in [1.82, 2.24) is 14.5 Å². The van der Waals surface area contributed by atoms with Crippen molar-refractivity contribution in [3.63, 3.8) is 0 Å². The van der Waals surface area contributed by atoms with Gasteiger partial charge in [0.05, 0.1) is 34.0 Å². The number of halogens is 3. The summed E-state index contributed by atoms with van der Waals surface area (Å²) < 4.78 is 28.2. The summed E-state index contributed by atoms with van der Waals surface area (Å²) in [6.07, 6.45) is -4.19. The van der Waals surface area contributed by atoms with Crippen molar-refractivity contribution in [2.75, 3.05) is 0 Å². The maximum atomic E-state index is 14.5. The molecule has 0 bridgehead atoms. The normalized spacial score (nSPS) is 15.1. The first-order valence-corrected chi connectivity index (χ1v) is 14.0. The SMILES string of the molecule is O=C1NC(c2cc(F)ccc2Cl)c2c(N=C(c3ccccc3)c3ccccc3)cc3c(c21)n(C(O)(O)O)c(=O)n3C(O)(O)C(O)(O)F. The Bertz CT molecular complexity index is 2100. The summed E-state index contributed by atoms with van der Waals surface area (Å²) in [5, 5.41) is 73.3. The van der Waals surface area contributed by atoms with Gasteiger partial charge >= 0.3 is 23.7 Å². The lowest BCUT2D eigenvalue weighted by atomic mass is 9.94. The number of carbonyl (C=O) groups excluding carboxylic acids is 1. The van der Waals surface area contributed by atoms with Crippen LogP contribution in [-0.2, 0) is 12.0 Å². The van der Waals surface area contributed by atoms with E-state index in [-0.39, 0.29) is 32.1 Å². The van der Waals surface area contributed by atoms with E-state index >= 15 is 0 Å². The molecule has 0 saturated carbocycles. The van der Waals surface area contributed by atoms with Gasteiger partial charge in [-0.15, -0.1) is 0 Å². The highest BCUT2D eigenvalue weighted by molar-refractivity contribution is 6.31. The first-order chi connectivity index (χ1) is 22.0. The van der Waals surface area contributed by atoms with Crippen LogP contribution in [0, 0.1) is 5.82 Å². The predicted octanol–water partition coefficient (Wildman–Crippen LogP) is 1.34. The van der Waals surface area contributed by atoms with E-state index < -0.39 is 62.7 Å². The van der Waals surface area contributed by atoms with Crippen molar-refractivity contribution in [2.24, 2.45) is 4.99 Å². The number of benzene rings is 4. The summed E-state index contributed by atoms with van der Waals surface area (Å²) in [5.74, 6) is -6.41. The van der Waals surface area contributed by atoms with Crippen molar-refractivity contribution in [3.8, 4) is 0 Å². The minimum absolute atomic E-state index is 0.0146. The zero-order chi connectivity index (χ0) is 34.1. The average molecular weight is 669 g/mol. The fraction of sp³-hybridized carbons (Fsp3) is 0.129. The van der Waals surface area contributed by atoms with Crippen molar-refractivity contribution in [3.05, 3.63) is 134 Å². The second kappa shape index (κ2) is 11.2. The van der Waals surface area contributed by atoms with Crippen LogP contribution in [0.1, 0.15) is 38.7 Å². The molecule has 242 valence electrons. The van der Waals surface area contributed by atoms with E-state index in [0.717, 1.165) is 18.2 Å². The van der Waals surface area contributed by atoms with Gasteiger partial charge in [-0.25, -0.2) is 23.3 Å². The van der Waals surface area contributed by atoms with Crippen LogP contribution in [0.25, 0.3) is 11.0 Å². The lowest BCUT2D eigenvalue weighted by molar-refractivity contribution is -0.452. The molecule has 0 aliphatic carbocycles. The number of nitrogens with one attached hydrogen (secondary N) is 1. The van der Waals surface area contributed by atoms with Gasteiger partial charge in [0.1, 0.15) is 5.82 Å². The maximum absolute atomic E-state index is 14.5. The first kappa shape index (κ1) is 32.1. The number of hydrogen-bond donors (Lipinski definition) is 8. The standard InChI is InChI=1S/C31H23ClF2N4O9/c32-19-12-11-17(33)13-18(19)25-22-20(35-24(15-7-3-1-4-8-15)16-9-5-2-6-10-16)14-21-26(23(22)27(39)36-25)38(31(45,46)47)28(40)37(21)30(43,44)29(34,41)42/h1-14,25,41-47H,(H,36,39). The highest BCUT2D eigenvalue weighted by atomic mass is 35.5. The average Bonchev–Trinajstić information content (AvgIpc) is 3.51. The summed E-state index contributed by atoms with van der Waals surface area (Å²) in [5.41, 5.74) is -3.73. The summed E-state index contributed by atoms with van der Waals surface area (Å²) in [6, 6.07) is 14.9. The van der Waals surface area contributed by atoms with Crippen molar-refractivity contribution in [1.29, 1.82) is 0 Å². The largest absolute Gasteiger partial charge is 0.393 e. The van der Waals surface area contributed by atoms with Crippen molar-refractivity contribution >= 4 is 39.9 Å². The number of aliphatic imine (C=N–C) groups is 1. The molecule has 2 heterocycles. The van der Waals surface area contributed by atoms with E-state index in [1.165, 1.54) is 6.07 Å². The topological polar surface area (TPSA) is 210 Å². The number of carbonyl (C=O) groups is 1. The van der Waals surface area contributed by atoms with Crippen LogP contribution in [0.3, 0.4) is 0 Å². The third-order valence-electron chi connectivity index (χ3n) is 7.57. The Morgan fingerprint density at radius 2 is 1.40 bits per heavy atom. The maximum Gasteiger partial charge on any atom is 0.393 e. The lowest BCUT2D eigenvalue weighted by Crippen LogP contribution is -2.57. The van der Waals surface area contributed by atoms with Gasteiger partial charge in [0, 0.05) is 27.3 Å². The van der Waals surface area contributed by atoms with Gasteiger partial charge in [-0.3, -0.25) is 4.79 Å². The molecule has 1 amide bonds. The molecule has 1 aliphatic rings. The zero-order valence-corrected chi connectivity index (χ0v) is 24.3. The number of fused-ring (bicyclic) bond motifs is 3. The Labute approximate surface area is 266 Å². The molecule has 8 N–H and O–H groups in total. The Kier molecular flexibility index (Phi) is 7.62. The molecular formula is C31H23ClF2N4O9. The Morgan fingerprint density at radius 1 is 0.830 bits per heavy atom. The van der Waals surface area contributed by atoms with Crippen LogP contribution < -0.4 is 11.0 Å². The number of nitrogens with zero attached hydrogens (tertiary/aromatic N) is 3. The van der Waals surface area contributed by atoms with Crippen LogP contribution in [-0.4, -0.2) is 62.5 Å². The van der Waals surface area contributed by atoms with Gasteiger partial charge in [0.15, 0.2) is 0 Å². The molecule has 1 aromatic heterocycles. The predicted molar refractivity (Wildman–Crippen MR) is 160 cm³/mol. The number of aliphatic hydroxyl groups is 7. The molecule has 6 rings (SSSR count). The third kappa shape index (κ3) is 5.30. The molecule has 4 aromatic carbocycles. The van der Waals surface area contributed by atoms with E-state index in [1.54, 1.807) is 60.7 Å². The van der Waals surface area contributed by atoms with E-state index in [4.69, 9.17) is 16.6 Å². The fourth-order valence-electron chi connectivity index (χ4n) is 5.54. The molecule has 5 aromatic rings. The van der Waals surface area contributed by atoms with E-state index in [1.807, 2.05) is 0 Å². The van der Waals surface area contributed by atoms with Gasteiger partial charge in [-0.2, -0.15) is 4.39 Å². The van der Waals surface area contributed by atoms with Crippen LogP contribution in [0.5, 0.6) is 0 Å². The molecule has 16 heteroatoms. The minimum Gasteiger partial charge on any atom is -0.342 e. The highest BCUT2D eigenvalue weighted by Gasteiger charge is 2.54. The number of rotatable bonds is 7. The molecule has 0 radical (unpaired) electrons. The van der Waals surface area contributed by atoms with Crippen LogP contribution in [0.2, 0.25) is 5.02 Å². The van der Waals surface area contributed by atoms with Crippen LogP contribution >= 0.6 is 11.6 Å². The molecule has 1 aliphatic heterocycles. The second-order valence-electron chi connectivity index (χ2n) is 10.6. The molecule has 0 spiro atoms. The number of alkyl halides is 1. The highest BCUT2D eigenvalue weighted by Crippen LogP contribution is 2.45. The summed E-state index contributed by atoms with van der Waals surface area (Å²) in [6.45, 7) is 0. The summed E-state index contributed by atoms with van der Waals surface area (Å²) in [7, 11) is 0. The number of imidazole rings is 1. The van der Waals surface area contributed by atoms with Gasteiger partial charge in [0.2, 0.25) is 0 Å². The molecule has 0 fully saturated rings. The van der Waals surface area contributed by atoms with E-state index in [2.05, 4.69) is 5.32 Å². The second-order valence-corrected chi connectivity index (χ2v) is 11.0. The summed E-state index contributed by atoms with van der Waals surface area (Å²) >= 11 is 6.41. The van der Waals surface area contributed by atoms with E-state index in [9.17, 15) is 54.1 Å². The lowest BCUT2D eigenvalue weighted by Gasteiger charge is -2.28. The first-order valence-electron chi connectivity index (χ1n) is 13.6. The quantitative estimate of drug-likeness (QED) is 0.0928. The number of aromatic nitrogens is 2. The van der Waals surface area contributed by atoms with Gasteiger partial charge < -0.3 is 41.1 Å². The molecule has 1 atom stereocenters. The fourth-order valence-corrected chi connectivity index (χ4v) is 5.77. The minimum atomic E-state index is -4.97. The van der Waals surface area contributed by atoms with Gasteiger partial charge in [-0.1, -0.05) is 72.3 Å². The van der Waals surface area contributed by atoms with Crippen molar-refractivity contribution in [2.45, 2.75) is 24.1 Å². The number of amides is 1. The van der Waals surface area contributed by atoms with E-state index in [0.29, 0.717) is 11.1 Å². The Balaban J connectivity index is 1.83. The van der Waals surface area contributed by atoms with Crippen molar-refractivity contribution < 1.29 is 49.3 Å². The molecule has 13 nitrogen and oxygen atoms in total. The number of hydrogen-bond acceptors (Lipinski definition) is 10. The Morgan fingerprint density at radius 3 is 1.94 bits per heavy atom. The van der Waals surface area contributed by atoms with Crippen LogP contribution in [0.15, 0.2) is 94.7 Å². The van der Waals surface area contributed by atoms with Gasteiger partial charge in [0.25, 0.3) is 5.91 Å². The zero-order valence-electron chi connectivity index (χ0n) is 23.6. The Hall–Kier alpha value is -4.84. The monoisotopic (exact) mass is 668 g/mol. The molecular weight excluding hydrogens is 646 g/mol. The van der Waals surface area contributed by atoms with Gasteiger partial charge in [-0.05, 0) is 24.3 Å². The third-order valence-corrected chi connectivity index (χ3v) is 7.91. The summed E-state index contributed by atoms with van der Waals surface area (Å²) in [4.78, 5) is 31.9. The van der Waals surface area contributed by atoms with Crippen LogP contribution in [0.4, 0.5) is 14.5 Å². The molecule has 1 unspecified atom stereocenters.